The molecule has 0 aliphatic carbocycles. The third kappa shape index (κ3) is 44.6. The molecule has 3 N–H and O–H groups in total. The Kier molecular flexibility index (Phi) is 42.2. The lowest BCUT2D eigenvalue weighted by atomic mass is 10.0. The van der Waals surface area contributed by atoms with Crippen molar-refractivity contribution < 1.29 is 22.9 Å². The Labute approximate surface area is 358 Å². The largest absolute Gasteiger partial charge is 0.387 e. The molecule has 0 fully saturated rings. The summed E-state index contributed by atoms with van der Waals surface area (Å²) in [6.45, 7) is 4.42. The van der Waals surface area contributed by atoms with Crippen molar-refractivity contribution in [3.8, 4) is 0 Å². The van der Waals surface area contributed by atoms with Crippen LogP contribution < -0.4 is 5.32 Å². The Hall–Kier alpha value is -2.48. The van der Waals surface area contributed by atoms with E-state index in [-0.39, 0.29) is 12.3 Å². The molecule has 2 unspecified atom stereocenters. The summed E-state index contributed by atoms with van der Waals surface area (Å²) in [5, 5.41) is 13.3. The highest BCUT2D eigenvalue weighted by atomic mass is 32.2. The quantitative estimate of drug-likeness (QED) is 0.0323. The van der Waals surface area contributed by atoms with Crippen molar-refractivity contribution in [3.05, 3.63) is 85.1 Å². The molecule has 0 bridgehead atoms. The second-order valence-corrected chi connectivity index (χ2v) is 17.5. The van der Waals surface area contributed by atoms with E-state index in [2.05, 4.69) is 92.1 Å². The molecule has 0 saturated carbocycles. The summed E-state index contributed by atoms with van der Waals surface area (Å²) in [5.41, 5.74) is 0. The van der Waals surface area contributed by atoms with Crippen LogP contribution in [0.1, 0.15) is 213 Å². The van der Waals surface area contributed by atoms with Crippen molar-refractivity contribution in [2.24, 2.45) is 0 Å². The number of rotatable bonds is 42. The number of allylic oxidation sites excluding steroid dienone is 13. The summed E-state index contributed by atoms with van der Waals surface area (Å²) >= 11 is 0. The molecule has 0 rings (SSSR count). The van der Waals surface area contributed by atoms with Crippen LogP contribution in [0.2, 0.25) is 0 Å². The third-order valence-corrected chi connectivity index (χ3v) is 11.1. The molecule has 0 aromatic heterocycles. The molecule has 0 aromatic rings. The molecule has 0 aliphatic heterocycles. The molecule has 58 heavy (non-hydrogen) atoms. The zero-order valence-electron chi connectivity index (χ0n) is 37.4. The van der Waals surface area contributed by atoms with Gasteiger partial charge in [-0.3, -0.25) is 9.35 Å². The van der Waals surface area contributed by atoms with Gasteiger partial charge < -0.3 is 10.4 Å². The fourth-order valence-corrected chi connectivity index (χ4v) is 7.50. The summed E-state index contributed by atoms with van der Waals surface area (Å²) in [4.78, 5) is 12.6. The van der Waals surface area contributed by atoms with Crippen molar-refractivity contribution in [2.75, 3.05) is 5.75 Å². The van der Waals surface area contributed by atoms with E-state index in [0.29, 0.717) is 6.42 Å². The van der Waals surface area contributed by atoms with Gasteiger partial charge in [-0.25, -0.2) is 0 Å². The Morgan fingerprint density at radius 1 is 0.483 bits per heavy atom. The number of unbranched alkanes of at least 4 members (excludes halogenated alkanes) is 22. The van der Waals surface area contributed by atoms with Crippen LogP contribution in [-0.4, -0.2) is 41.9 Å². The first-order valence-corrected chi connectivity index (χ1v) is 25.4. The maximum Gasteiger partial charge on any atom is 0.267 e. The van der Waals surface area contributed by atoms with Crippen LogP contribution in [0.3, 0.4) is 0 Å². The summed E-state index contributed by atoms with van der Waals surface area (Å²) in [5.74, 6) is -1.02. The van der Waals surface area contributed by atoms with Gasteiger partial charge in [0.2, 0.25) is 5.91 Å². The fraction of sp³-hybridized carbons (Fsp3) is 0.706. The van der Waals surface area contributed by atoms with Crippen LogP contribution in [0.5, 0.6) is 0 Å². The normalized spacial score (nSPS) is 13.9. The monoisotopic (exact) mass is 828 g/mol. The van der Waals surface area contributed by atoms with Gasteiger partial charge >= 0.3 is 0 Å². The number of amides is 1. The van der Waals surface area contributed by atoms with Gasteiger partial charge in [0.15, 0.2) is 0 Å². The van der Waals surface area contributed by atoms with Crippen LogP contribution in [-0.2, 0) is 14.9 Å². The standard InChI is InChI=1S/C51H89NO5S/c1-3-5-7-9-11-13-15-17-19-21-23-25-26-27-29-31-33-35-37-39-41-43-45-47-51(54)52-49(48-58(55,56)57)50(53)46-44-42-40-38-36-34-32-30-28-24-22-20-18-16-14-12-10-8-6-4-2/h5,7,11,13,17,19,23,25,28,30,36,38,44,46,49-50,53H,3-4,6,8-10,12,14-16,18,20-22,24,26-27,29,31-35,37,39-43,45,47-48H2,1-2H3,(H,52,54)(H,55,56,57)/b7-5-,13-11-,19-17-,25-23-,30-28+,38-36+,46-44+. The molecule has 0 aromatic carbocycles. The molecule has 7 heteroatoms. The molecule has 0 saturated heterocycles. The van der Waals surface area contributed by atoms with E-state index in [9.17, 15) is 22.9 Å². The molecule has 334 valence electrons. The van der Waals surface area contributed by atoms with Crippen LogP contribution in [0.15, 0.2) is 85.1 Å². The fourth-order valence-electron chi connectivity index (χ4n) is 6.77. The minimum absolute atomic E-state index is 0.275. The Morgan fingerprint density at radius 2 is 0.845 bits per heavy atom. The van der Waals surface area contributed by atoms with E-state index >= 15 is 0 Å². The minimum Gasteiger partial charge on any atom is -0.387 e. The Morgan fingerprint density at radius 3 is 1.29 bits per heavy atom. The van der Waals surface area contributed by atoms with Crippen molar-refractivity contribution in [2.45, 2.75) is 225 Å². The average Bonchev–Trinajstić information content (AvgIpc) is 3.19. The molecule has 1 amide bonds. The average molecular weight is 828 g/mol. The smallest absolute Gasteiger partial charge is 0.267 e. The molecular weight excluding hydrogens is 739 g/mol. The first-order valence-electron chi connectivity index (χ1n) is 23.8. The van der Waals surface area contributed by atoms with Crippen molar-refractivity contribution >= 4 is 16.0 Å². The van der Waals surface area contributed by atoms with Crippen molar-refractivity contribution in [1.29, 1.82) is 0 Å². The Bertz CT molecular complexity index is 1230. The zero-order chi connectivity index (χ0) is 42.5. The van der Waals surface area contributed by atoms with Crippen LogP contribution in [0, 0.1) is 0 Å². The van der Waals surface area contributed by atoms with Gasteiger partial charge in [0.1, 0.15) is 0 Å². The first kappa shape index (κ1) is 55.5. The highest BCUT2D eigenvalue weighted by Crippen LogP contribution is 2.14. The van der Waals surface area contributed by atoms with Gasteiger partial charge in [0.05, 0.1) is 17.9 Å². The van der Waals surface area contributed by atoms with Crippen LogP contribution in [0.25, 0.3) is 0 Å². The van der Waals surface area contributed by atoms with E-state index in [1.807, 2.05) is 0 Å². The second kappa shape index (κ2) is 44.1. The maximum absolute atomic E-state index is 12.6. The molecule has 0 heterocycles. The number of aliphatic hydroxyl groups is 1. The lowest BCUT2D eigenvalue weighted by Crippen LogP contribution is -2.46. The second-order valence-electron chi connectivity index (χ2n) is 16.0. The minimum atomic E-state index is -4.37. The number of carbonyl (C=O) groups excluding carboxylic acids is 1. The molecule has 0 spiro atoms. The SMILES string of the molecule is CC/C=C\C/C=C\C/C=C\C/C=C\CCCCCCCCCCCCC(=O)NC(CS(=O)(=O)O)C(O)/C=C/CC/C=C/CC/C=C/CCCCCCCCCCCC. The number of nitrogens with one attached hydrogen (secondary N) is 1. The van der Waals surface area contributed by atoms with E-state index in [1.165, 1.54) is 115 Å². The number of aliphatic hydroxyl groups excluding tert-OH is 1. The first-order chi connectivity index (χ1) is 28.3. The summed E-state index contributed by atoms with van der Waals surface area (Å²) in [6, 6.07) is -1.09. The summed E-state index contributed by atoms with van der Waals surface area (Å²) in [7, 11) is -4.37. The number of hydrogen-bond donors (Lipinski definition) is 3. The molecule has 0 radical (unpaired) electrons. The van der Waals surface area contributed by atoms with Crippen molar-refractivity contribution in [1.82, 2.24) is 5.32 Å². The predicted molar refractivity (Wildman–Crippen MR) is 253 cm³/mol. The van der Waals surface area contributed by atoms with Crippen molar-refractivity contribution in [3.63, 3.8) is 0 Å². The Balaban J connectivity index is 3.93. The lowest BCUT2D eigenvalue weighted by Gasteiger charge is -2.21. The van der Waals surface area contributed by atoms with Gasteiger partial charge in [-0.15, -0.1) is 0 Å². The van der Waals surface area contributed by atoms with E-state index in [1.54, 1.807) is 6.08 Å². The molecule has 6 nitrogen and oxygen atoms in total. The van der Waals surface area contributed by atoms with Gasteiger partial charge in [-0.1, -0.05) is 208 Å². The molecule has 2 atom stereocenters. The van der Waals surface area contributed by atoms with Gasteiger partial charge in [-0.05, 0) is 83.5 Å². The van der Waals surface area contributed by atoms with Crippen LogP contribution >= 0.6 is 0 Å². The van der Waals surface area contributed by atoms with E-state index in [0.717, 1.165) is 77.0 Å². The van der Waals surface area contributed by atoms with Gasteiger partial charge in [0, 0.05) is 6.42 Å². The van der Waals surface area contributed by atoms with Crippen LogP contribution in [0.4, 0.5) is 0 Å². The predicted octanol–water partition coefficient (Wildman–Crippen LogP) is 14.7. The lowest BCUT2D eigenvalue weighted by molar-refractivity contribution is -0.122. The van der Waals surface area contributed by atoms with E-state index < -0.39 is 28.0 Å². The summed E-state index contributed by atoms with van der Waals surface area (Å²) in [6.07, 6.45) is 64.4. The van der Waals surface area contributed by atoms with Gasteiger partial charge in [-0.2, -0.15) is 8.42 Å². The molecule has 0 aliphatic rings. The third-order valence-electron chi connectivity index (χ3n) is 10.3. The van der Waals surface area contributed by atoms with Gasteiger partial charge in [0.25, 0.3) is 10.1 Å². The van der Waals surface area contributed by atoms with E-state index in [4.69, 9.17) is 0 Å². The number of hydrogen-bond acceptors (Lipinski definition) is 4. The zero-order valence-corrected chi connectivity index (χ0v) is 38.2. The maximum atomic E-state index is 12.6. The summed E-state index contributed by atoms with van der Waals surface area (Å²) < 4.78 is 32.6. The highest BCUT2D eigenvalue weighted by Gasteiger charge is 2.24. The molecular formula is C51H89NO5S. The highest BCUT2D eigenvalue weighted by molar-refractivity contribution is 7.85. The number of carbonyl (C=O) groups is 1. The topological polar surface area (TPSA) is 104 Å².